The molecule has 0 aromatic heterocycles. The molecule has 9 heteroatoms. The van der Waals surface area contributed by atoms with Crippen LogP contribution in [0, 0.1) is 12.7 Å². The van der Waals surface area contributed by atoms with Gasteiger partial charge in [0.05, 0.1) is 23.8 Å². The molecule has 29 heavy (non-hydrogen) atoms. The zero-order chi connectivity index (χ0) is 20.8. The maximum atomic E-state index is 14.0. The standard InChI is InChI=1S/C20H18BrFN2O4S/c1-13-10-15(3-4-16(13)21)24-12-19(20(25)23-6-8-28-9-7-23)29(26,27)18-5-2-14(22)11-17(18)24/h2-5,10-12H,6-9H2,1H3. The van der Waals surface area contributed by atoms with Gasteiger partial charge in [-0.1, -0.05) is 15.9 Å². The second-order valence-electron chi connectivity index (χ2n) is 6.82. The molecule has 0 radical (unpaired) electrons. The Balaban J connectivity index is 1.89. The van der Waals surface area contributed by atoms with Gasteiger partial charge in [0.2, 0.25) is 9.84 Å². The van der Waals surface area contributed by atoms with E-state index in [1.807, 2.05) is 19.1 Å². The Bertz CT molecular complexity index is 1130. The van der Waals surface area contributed by atoms with Crippen molar-refractivity contribution in [3.05, 3.63) is 63.4 Å². The molecule has 152 valence electrons. The van der Waals surface area contributed by atoms with E-state index >= 15 is 0 Å². The lowest BCUT2D eigenvalue weighted by Crippen LogP contribution is -2.43. The van der Waals surface area contributed by atoms with Crippen LogP contribution in [0.1, 0.15) is 5.56 Å². The summed E-state index contributed by atoms with van der Waals surface area (Å²) in [6, 6.07) is 8.89. The number of aryl methyl sites for hydroxylation is 1. The first kappa shape index (κ1) is 20.1. The molecule has 0 spiro atoms. The number of nitrogens with zero attached hydrogens (tertiary/aromatic N) is 2. The van der Waals surface area contributed by atoms with Crippen LogP contribution in [0.25, 0.3) is 0 Å². The van der Waals surface area contributed by atoms with E-state index in [9.17, 15) is 17.6 Å². The molecule has 6 nitrogen and oxygen atoms in total. The quantitative estimate of drug-likeness (QED) is 0.615. The number of amides is 1. The van der Waals surface area contributed by atoms with Gasteiger partial charge in [0.25, 0.3) is 5.91 Å². The van der Waals surface area contributed by atoms with Crippen molar-refractivity contribution in [3.8, 4) is 0 Å². The Morgan fingerprint density at radius 3 is 2.55 bits per heavy atom. The number of ether oxygens (including phenoxy) is 1. The molecule has 2 aromatic rings. The Kier molecular flexibility index (Phi) is 5.22. The summed E-state index contributed by atoms with van der Waals surface area (Å²) in [5.41, 5.74) is 1.72. The lowest BCUT2D eigenvalue weighted by atomic mass is 10.2. The molecular formula is C20H18BrFN2O4S. The minimum absolute atomic E-state index is 0.0985. The van der Waals surface area contributed by atoms with Crippen LogP contribution in [-0.2, 0) is 19.4 Å². The number of halogens is 2. The summed E-state index contributed by atoms with van der Waals surface area (Å²) in [6.45, 7) is 3.25. The second-order valence-corrected chi connectivity index (χ2v) is 9.56. The summed E-state index contributed by atoms with van der Waals surface area (Å²) in [5, 5.41) is 0. The van der Waals surface area contributed by atoms with Gasteiger partial charge in [0.15, 0.2) is 4.91 Å². The van der Waals surface area contributed by atoms with Crippen LogP contribution in [0.5, 0.6) is 0 Å². The number of hydrogen-bond donors (Lipinski definition) is 0. The number of sulfone groups is 1. The van der Waals surface area contributed by atoms with Crippen LogP contribution < -0.4 is 4.90 Å². The summed E-state index contributed by atoms with van der Waals surface area (Å²) in [5.74, 6) is -1.14. The summed E-state index contributed by atoms with van der Waals surface area (Å²) >= 11 is 3.44. The van der Waals surface area contributed by atoms with E-state index in [1.165, 1.54) is 17.2 Å². The van der Waals surface area contributed by atoms with Crippen LogP contribution in [0.4, 0.5) is 15.8 Å². The van der Waals surface area contributed by atoms with Crippen molar-refractivity contribution >= 4 is 43.0 Å². The predicted molar refractivity (Wildman–Crippen MR) is 110 cm³/mol. The summed E-state index contributed by atoms with van der Waals surface area (Å²) in [6.07, 6.45) is 1.29. The van der Waals surface area contributed by atoms with E-state index in [4.69, 9.17) is 4.74 Å². The van der Waals surface area contributed by atoms with Crippen molar-refractivity contribution in [3.63, 3.8) is 0 Å². The molecule has 2 aliphatic rings. The second kappa shape index (κ2) is 7.55. The van der Waals surface area contributed by atoms with Crippen molar-refractivity contribution in [2.24, 2.45) is 0 Å². The maximum absolute atomic E-state index is 14.0. The molecular weight excluding hydrogens is 463 g/mol. The normalized spacial score (nSPS) is 18.2. The number of rotatable bonds is 2. The zero-order valence-electron chi connectivity index (χ0n) is 15.6. The summed E-state index contributed by atoms with van der Waals surface area (Å²) in [7, 11) is -4.10. The molecule has 1 fully saturated rings. The molecule has 2 heterocycles. The highest BCUT2D eigenvalue weighted by Crippen LogP contribution is 2.41. The molecule has 1 amide bonds. The smallest absolute Gasteiger partial charge is 0.267 e. The van der Waals surface area contributed by atoms with Gasteiger partial charge in [0, 0.05) is 29.4 Å². The van der Waals surface area contributed by atoms with Crippen molar-refractivity contribution < 1.29 is 22.3 Å². The Labute approximate surface area is 176 Å². The Hall–Kier alpha value is -2.23. The highest BCUT2D eigenvalue weighted by molar-refractivity contribution is 9.10. The fourth-order valence-electron chi connectivity index (χ4n) is 3.37. The molecule has 0 unspecified atom stereocenters. The topological polar surface area (TPSA) is 66.9 Å². The number of carbonyl (C=O) groups is 1. The van der Waals surface area contributed by atoms with Crippen LogP contribution >= 0.6 is 15.9 Å². The van der Waals surface area contributed by atoms with E-state index in [2.05, 4.69) is 15.9 Å². The third-order valence-corrected chi connectivity index (χ3v) is 7.61. The van der Waals surface area contributed by atoms with Gasteiger partial charge < -0.3 is 14.5 Å². The van der Waals surface area contributed by atoms with Crippen molar-refractivity contribution in [1.82, 2.24) is 4.90 Å². The third-order valence-electron chi connectivity index (χ3n) is 4.93. The lowest BCUT2D eigenvalue weighted by Gasteiger charge is -2.32. The molecule has 2 aromatic carbocycles. The zero-order valence-corrected chi connectivity index (χ0v) is 18.0. The van der Waals surface area contributed by atoms with Gasteiger partial charge in [0.1, 0.15) is 5.82 Å². The predicted octanol–water partition coefficient (Wildman–Crippen LogP) is 3.52. The number of hydrogen-bond acceptors (Lipinski definition) is 5. The highest BCUT2D eigenvalue weighted by atomic mass is 79.9. The molecule has 0 bridgehead atoms. The summed E-state index contributed by atoms with van der Waals surface area (Å²) in [4.78, 5) is 15.6. The van der Waals surface area contributed by atoms with Gasteiger partial charge in [-0.2, -0.15) is 0 Å². The van der Waals surface area contributed by atoms with Crippen LogP contribution in [-0.4, -0.2) is 45.5 Å². The van der Waals surface area contributed by atoms with Gasteiger partial charge in [-0.3, -0.25) is 4.79 Å². The van der Waals surface area contributed by atoms with Gasteiger partial charge in [-0.15, -0.1) is 0 Å². The van der Waals surface area contributed by atoms with E-state index in [0.29, 0.717) is 32.0 Å². The average Bonchev–Trinajstić information content (AvgIpc) is 2.70. The molecule has 0 aliphatic carbocycles. The average molecular weight is 481 g/mol. The van der Waals surface area contributed by atoms with Crippen molar-refractivity contribution in [2.75, 3.05) is 31.2 Å². The van der Waals surface area contributed by atoms with Gasteiger partial charge in [-0.25, -0.2) is 12.8 Å². The number of anilines is 2. The van der Waals surface area contributed by atoms with Crippen molar-refractivity contribution in [1.29, 1.82) is 0 Å². The number of carbonyl (C=O) groups excluding carboxylic acids is 1. The Morgan fingerprint density at radius 1 is 1.14 bits per heavy atom. The summed E-state index contributed by atoms with van der Waals surface area (Å²) < 4.78 is 46.5. The molecule has 0 atom stereocenters. The van der Waals surface area contributed by atoms with E-state index < -0.39 is 21.6 Å². The lowest BCUT2D eigenvalue weighted by molar-refractivity contribution is -0.130. The molecule has 4 rings (SSSR count). The largest absolute Gasteiger partial charge is 0.378 e. The van der Waals surface area contributed by atoms with E-state index in [1.54, 1.807) is 11.0 Å². The number of benzene rings is 2. The van der Waals surface area contributed by atoms with Gasteiger partial charge >= 0.3 is 0 Å². The fourth-order valence-corrected chi connectivity index (χ4v) is 5.13. The minimum Gasteiger partial charge on any atom is -0.378 e. The first-order valence-electron chi connectivity index (χ1n) is 8.98. The third kappa shape index (κ3) is 3.58. The molecule has 1 saturated heterocycles. The Morgan fingerprint density at radius 2 is 1.86 bits per heavy atom. The van der Waals surface area contributed by atoms with Crippen molar-refractivity contribution in [2.45, 2.75) is 11.8 Å². The molecule has 0 saturated carbocycles. The SMILES string of the molecule is Cc1cc(N2C=C(C(=O)N3CCOCC3)S(=O)(=O)c3ccc(F)cc32)ccc1Br. The maximum Gasteiger partial charge on any atom is 0.267 e. The number of fused-ring (bicyclic) bond motifs is 1. The molecule has 2 aliphatic heterocycles. The minimum atomic E-state index is -4.10. The van der Waals surface area contributed by atoms with E-state index in [-0.39, 0.29) is 15.5 Å². The number of morpholine rings is 1. The first-order valence-corrected chi connectivity index (χ1v) is 11.3. The van der Waals surface area contributed by atoms with E-state index in [0.717, 1.165) is 22.2 Å². The fraction of sp³-hybridized carbons (Fsp3) is 0.250. The van der Waals surface area contributed by atoms with Crippen LogP contribution in [0.3, 0.4) is 0 Å². The van der Waals surface area contributed by atoms with Gasteiger partial charge in [-0.05, 0) is 48.9 Å². The highest BCUT2D eigenvalue weighted by Gasteiger charge is 2.38. The first-order chi connectivity index (χ1) is 13.8. The van der Waals surface area contributed by atoms with Crippen LogP contribution in [0.15, 0.2) is 56.9 Å². The van der Waals surface area contributed by atoms with Crippen LogP contribution in [0.2, 0.25) is 0 Å². The molecule has 0 N–H and O–H groups in total. The monoisotopic (exact) mass is 480 g/mol.